The van der Waals surface area contributed by atoms with Gasteiger partial charge >= 0.3 is 0 Å². The standard InChI is InChI=1S/C21H20ClFN4O4/c1-11(2)30-18-4-3-12(5-13(18)8-24)21-26-20(27-31-21)15-6-17(23)19(7-16(15)22)29-10-14(25)9-28/h3-7,11,14,28H,9-10,25H2,1-2H3/t14-/m1/s1. The first-order chi connectivity index (χ1) is 14.8. The molecular formula is C21H20ClFN4O4. The number of aromatic nitrogens is 2. The maximum Gasteiger partial charge on any atom is 0.258 e. The van der Waals surface area contributed by atoms with Crippen molar-refractivity contribution < 1.29 is 23.5 Å². The molecule has 0 aliphatic heterocycles. The van der Waals surface area contributed by atoms with Gasteiger partial charge in [0.2, 0.25) is 5.82 Å². The number of aliphatic hydroxyl groups excluding tert-OH is 1. The number of rotatable bonds is 8. The Morgan fingerprint density at radius 2 is 2.06 bits per heavy atom. The lowest BCUT2D eigenvalue weighted by Gasteiger charge is -2.12. The summed E-state index contributed by atoms with van der Waals surface area (Å²) in [5, 5.41) is 22.3. The summed E-state index contributed by atoms with van der Waals surface area (Å²) in [5.41, 5.74) is 6.57. The molecule has 3 rings (SSSR count). The van der Waals surface area contributed by atoms with E-state index < -0.39 is 11.9 Å². The Labute approximate surface area is 183 Å². The van der Waals surface area contributed by atoms with Crippen molar-refractivity contribution >= 4 is 11.6 Å². The maximum atomic E-state index is 14.4. The van der Waals surface area contributed by atoms with Gasteiger partial charge in [0.1, 0.15) is 18.4 Å². The van der Waals surface area contributed by atoms with E-state index in [4.69, 9.17) is 36.4 Å². The molecule has 1 aromatic heterocycles. The molecule has 2 aromatic carbocycles. The van der Waals surface area contributed by atoms with Crippen LogP contribution in [0.5, 0.6) is 11.5 Å². The minimum atomic E-state index is -0.696. The van der Waals surface area contributed by atoms with Crippen LogP contribution in [0.3, 0.4) is 0 Å². The minimum absolute atomic E-state index is 0.0681. The largest absolute Gasteiger partial charge is 0.490 e. The van der Waals surface area contributed by atoms with Crippen LogP contribution in [0.25, 0.3) is 22.8 Å². The Hall–Kier alpha value is -3.19. The zero-order valence-corrected chi connectivity index (χ0v) is 17.6. The zero-order valence-electron chi connectivity index (χ0n) is 16.8. The van der Waals surface area contributed by atoms with Crippen LogP contribution in [0.2, 0.25) is 5.02 Å². The first-order valence-corrected chi connectivity index (χ1v) is 9.73. The van der Waals surface area contributed by atoms with E-state index in [-0.39, 0.29) is 47.4 Å². The smallest absolute Gasteiger partial charge is 0.258 e. The maximum absolute atomic E-state index is 14.4. The molecule has 162 valence electrons. The van der Waals surface area contributed by atoms with E-state index in [0.717, 1.165) is 6.07 Å². The predicted octanol–water partition coefficient (Wildman–Crippen LogP) is 3.55. The van der Waals surface area contributed by atoms with E-state index in [9.17, 15) is 9.65 Å². The highest BCUT2D eigenvalue weighted by molar-refractivity contribution is 6.33. The van der Waals surface area contributed by atoms with Gasteiger partial charge in [-0.05, 0) is 38.1 Å². The second-order valence-corrected chi connectivity index (χ2v) is 7.34. The lowest BCUT2D eigenvalue weighted by molar-refractivity contribution is 0.202. The molecule has 0 aliphatic rings. The number of halogens is 2. The van der Waals surface area contributed by atoms with E-state index >= 15 is 0 Å². The molecular weight excluding hydrogens is 427 g/mol. The Balaban J connectivity index is 1.87. The quantitative estimate of drug-likeness (QED) is 0.537. The number of nitriles is 1. The normalized spacial score (nSPS) is 11.9. The highest BCUT2D eigenvalue weighted by Gasteiger charge is 2.18. The molecule has 10 heteroatoms. The van der Waals surface area contributed by atoms with Crippen molar-refractivity contribution in [3.05, 3.63) is 46.7 Å². The summed E-state index contributed by atoms with van der Waals surface area (Å²) in [6.07, 6.45) is -0.0867. The lowest BCUT2D eigenvalue weighted by atomic mass is 10.1. The van der Waals surface area contributed by atoms with Gasteiger partial charge in [-0.2, -0.15) is 10.2 Å². The number of hydrogen-bond acceptors (Lipinski definition) is 8. The van der Waals surface area contributed by atoms with Crippen LogP contribution in [-0.4, -0.2) is 40.6 Å². The molecule has 0 saturated heterocycles. The first-order valence-electron chi connectivity index (χ1n) is 9.36. The van der Waals surface area contributed by atoms with Gasteiger partial charge in [-0.25, -0.2) is 4.39 Å². The third-order valence-corrected chi connectivity index (χ3v) is 4.40. The van der Waals surface area contributed by atoms with Gasteiger partial charge in [-0.15, -0.1) is 0 Å². The average molecular weight is 447 g/mol. The van der Waals surface area contributed by atoms with Crippen LogP contribution in [-0.2, 0) is 0 Å². The van der Waals surface area contributed by atoms with Gasteiger partial charge in [0.15, 0.2) is 11.6 Å². The molecule has 1 atom stereocenters. The summed E-state index contributed by atoms with van der Waals surface area (Å²) in [5.74, 6) is -0.159. The highest BCUT2D eigenvalue weighted by Crippen LogP contribution is 2.34. The van der Waals surface area contributed by atoms with Gasteiger partial charge in [0.25, 0.3) is 5.89 Å². The van der Waals surface area contributed by atoms with E-state index in [1.807, 2.05) is 13.8 Å². The monoisotopic (exact) mass is 446 g/mol. The van der Waals surface area contributed by atoms with Gasteiger partial charge in [0.05, 0.1) is 29.3 Å². The molecule has 0 unspecified atom stereocenters. The van der Waals surface area contributed by atoms with Gasteiger partial charge in [0, 0.05) is 17.2 Å². The molecule has 3 aromatic rings. The van der Waals surface area contributed by atoms with Crippen LogP contribution in [0, 0.1) is 17.1 Å². The highest BCUT2D eigenvalue weighted by atomic mass is 35.5. The van der Waals surface area contributed by atoms with E-state index in [0.29, 0.717) is 16.9 Å². The number of hydrogen-bond donors (Lipinski definition) is 2. The molecule has 31 heavy (non-hydrogen) atoms. The minimum Gasteiger partial charge on any atom is -0.490 e. The second kappa shape index (κ2) is 9.75. The van der Waals surface area contributed by atoms with E-state index in [1.165, 1.54) is 6.07 Å². The fraction of sp³-hybridized carbons (Fsp3) is 0.286. The number of ether oxygens (including phenoxy) is 2. The molecule has 0 spiro atoms. The van der Waals surface area contributed by atoms with Crippen molar-refractivity contribution in [3.8, 4) is 40.4 Å². The van der Waals surface area contributed by atoms with Crippen LogP contribution in [0.4, 0.5) is 4.39 Å². The third-order valence-electron chi connectivity index (χ3n) is 4.09. The van der Waals surface area contributed by atoms with Crippen molar-refractivity contribution in [2.45, 2.75) is 26.0 Å². The first kappa shape index (κ1) is 22.5. The fourth-order valence-electron chi connectivity index (χ4n) is 2.62. The Morgan fingerprint density at radius 1 is 1.29 bits per heavy atom. The summed E-state index contributed by atoms with van der Waals surface area (Å²) >= 11 is 6.25. The summed E-state index contributed by atoms with van der Waals surface area (Å²) in [6, 6.07) is 8.72. The van der Waals surface area contributed by atoms with Crippen LogP contribution < -0.4 is 15.2 Å². The number of nitrogens with zero attached hydrogens (tertiary/aromatic N) is 3. The Morgan fingerprint density at radius 3 is 2.74 bits per heavy atom. The second-order valence-electron chi connectivity index (χ2n) is 6.93. The molecule has 8 nitrogen and oxygen atoms in total. The third kappa shape index (κ3) is 5.30. The summed E-state index contributed by atoms with van der Waals surface area (Å²) in [4.78, 5) is 4.26. The summed E-state index contributed by atoms with van der Waals surface area (Å²) in [6.45, 7) is 3.35. The van der Waals surface area contributed by atoms with Crippen molar-refractivity contribution in [1.29, 1.82) is 5.26 Å². The number of benzene rings is 2. The van der Waals surface area contributed by atoms with Crippen LogP contribution in [0.15, 0.2) is 34.9 Å². The molecule has 0 fully saturated rings. The SMILES string of the molecule is CC(C)Oc1ccc(-c2nc(-c3cc(F)c(OC[C@H](N)CO)cc3Cl)no2)cc1C#N. The molecule has 0 saturated carbocycles. The van der Waals surface area contributed by atoms with E-state index in [2.05, 4.69) is 16.2 Å². The lowest BCUT2D eigenvalue weighted by Crippen LogP contribution is -2.31. The summed E-state index contributed by atoms with van der Waals surface area (Å²) < 4.78 is 30.6. The predicted molar refractivity (Wildman–Crippen MR) is 111 cm³/mol. The number of nitrogens with two attached hydrogens (primary N) is 1. The topological polar surface area (TPSA) is 127 Å². The Kier molecular flexibility index (Phi) is 7.07. The molecule has 3 N–H and O–H groups in total. The van der Waals surface area contributed by atoms with Gasteiger partial charge in [-0.1, -0.05) is 16.8 Å². The molecule has 0 bridgehead atoms. The van der Waals surface area contributed by atoms with Crippen LogP contribution in [0.1, 0.15) is 19.4 Å². The van der Waals surface area contributed by atoms with Gasteiger partial charge < -0.3 is 24.8 Å². The van der Waals surface area contributed by atoms with Crippen LogP contribution >= 0.6 is 11.6 Å². The van der Waals surface area contributed by atoms with Crippen molar-refractivity contribution in [2.24, 2.45) is 5.73 Å². The number of aliphatic hydroxyl groups is 1. The van der Waals surface area contributed by atoms with Crippen molar-refractivity contribution in [3.63, 3.8) is 0 Å². The van der Waals surface area contributed by atoms with Crippen molar-refractivity contribution in [1.82, 2.24) is 10.1 Å². The van der Waals surface area contributed by atoms with Crippen molar-refractivity contribution in [2.75, 3.05) is 13.2 Å². The molecule has 0 amide bonds. The van der Waals surface area contributed by atoms with Gasteiger partial charge in [-0.3, -0.25) is 0 Å². The summed E-state index contributed by atoms with van der Waals surface area (Å²) in [7, 11) is 0. The molecule has 1 heterocycles. The molecule has 0 radical (unpaired) electrons. The zero-order chi connectivity index (χ0) is 22.5. The Bertz CT molecular complexity index is 1110. The molecule has 0 aliphatic carbocycles. The fourth-order valence-corrected chi connectivity index (χ4v) is 2.86. The average Bonchev–Trinajstić information content (AvgIpc) is 3.23. The van der Waals surface area contributed by atoms with E-state index in [1.54, 1.807) is 18.2 Å².